The van der Waals surface area contributed by atoms with Gasteiger partial charge in [0.2, 0.25) is 0 Å². The Morgan fingerprint density at radius 3 is 1.79 bits per heavy atom. The van der Waals surface area contributed by atoms with Crippen LogP contribution >= 0.6 is 0 Å². The minimum Gasteiger partial charge on any atom is -0.390 e. The van der Waals surface area contributed by atoms with Crippen LogP contribution in [0, 0.1) is 0 Å². The highest BCUT2D eigenvalue weighted by molar-refractivity contribution is 5.38. The number of rotatable bonds is 3. The Balaban J connectivity index is 2.07. The average Bonchev–Trinajstić information content (AvgIpc) is 2.48. The molecule has 0 amide bonds. The number of hydrogen-bond donors (Lipinski definition) is 2. The molecule has 0 aliphatic carbocycles. The Morgan fingerprint density at radius 2 is 1.47 bits per heavy atom. The summed E-state index contributed by atoms with van der Waals surface area (Å²) in [7, 11) is 0. The van der Waals surface area contributed by atoms with Gasteiger partial charge < -0.3 is 10.4 Å². The highest BCUT2D eigenvalue weighted by Crippen LogP contribution is 2.40. The molecule has 19 heavy (non-hydrogen) atoms. The summed E-state index contributed by atoms with van der Waals surface area (Å²) in [4.78, 5) is 0. The zero-order chi connectivity index (χ0) is 13.3. The van der Waals surface area contributed by atoms with Crippen molar-refractivity contribution < 1.29 is 5.11 Å². The van der Waals surface area contributed by atoms with Crippen molar-refractivity contribution in [2.75, 3.05) is 6.54 Å². The van der Waals surface area contributed by atoms with Gasteiger partial charge in [-0.05, 0) is 18.1 Å². The molecular formula is C17H19NO. The van der Waals surface area contributed by atoms with Crippen molar-refractivity contribution in [3.05, 3.63) is 71.8 Å². The van der Waals surface area contributed by atoms with Crippen molar-refractivity contribution in [3.63, 3.8) is 0 Å². The second-order valence-electron chi connectivity index (χ2n) is 5.43. The van der Waals surface area contributed by atoms with Gasteiger partial charge >= 0.3 is 0 Å². The normalized spacial score (nSPS) is 26.2. The molecule has 2 aromatic rings. The molecule has 0 aromatic heterocycles. The third-order valence-electron chi connectivity index (χ3n) is 4.23. The first-order valence-corrected chi connectivity index (χ1v) is 6.75. The lowest BCUT2D eigenvalue weighted by atomic mass is 9.69. The lowest BCUT2D eigenvalue weighted by Gasteiger charge is -2.50. The summed E-state index contributed by atoms with van der Waals surface area (Å²) < 4.78 is 0. The predicted octanol–water partition coefficient (Wildman–Crippen LogP) is 2.54. The van der Waals surface area contributed by atoms with Crippen LogP contribution in [0.1, 0.15) is 24.0 Å². The van der Waals surface area contributed by atoms with Gasteiger partial charge in [0.25, 0.3) is 0 Å². The van der Waals surface area contributed by atoms with Gasteiger partial charge in [-0.2, -0.15) is 0 Å². The van der Waals surface area contributed by atoms with Crippen molar-refractivity contribution in [1.29, 1.82) is 0 Å². The second-order valence-corrected chi connectivity index (χ2v) is 5.43. The molecule has 0 radical (unpaired) electrons. The van der Waals surface area contributed by atoms with E-state index in [-0.39, 0.29) is 17.6 Å². The molecule has 0 bridgehead atoms. The fourth-order valence-corrected chi connectivity index (χ4v) is 2.99. The number of benzene rings is 2. The van der Waals surface area contributed by atoms with E-state index in [9.17, 15) is 5.11 Å². The summed E-state index contributed by atoms with van der Waals surface area (Å²) in [6.07, 6.45) is -0.307. The Hall–Kier alpha value is -1.64. The third-order valence-corrected chi connectivity index (χ3v) is 4.23. The number of hydrogen-bond acceptors (Lipinski definition) is 2. The van der Waals surface area contributed by atoms with Crippen LogP contribution < -0.4 is 5.32 Å². The van der Waals surface area contributed by atoms with Crippen molar-refractivity contribution in [2.45, 2.75) is 24.5 Å². The molecule has 1 aliphatic rings. The summed E-state index contributed by atoms with van der Waals surface area (Å²) in [6.45, 7) is 2.78. The van der Waals surface area contributed by atoms with Crippen molar-refractivity contribution in [3.8, 4) is 0 Å². The van der Waals surface area contributed by atoms with E-state index >= 15 is 0 Å². The molecule has 1 fully saturated rings. The maximum absolute atomic E-state index is 10.2. The highest BCUT2D eigenvalue weighted by Gasteiger charge is 2.48. The topological polar surface area (TPSA) is 32.3 Å². The first-order chi connectivity index (χ1) is 9.22. The van der Waals surface area contributed by atoms with Gasteiger partial charge in [-0.25, -0.2) is 0 Å². The van der Waals surface area contributed by atoms with Crippen LogP contribution in [0.5, 0.6) is 0 Å². The lowest BCUT2D eigenvalue weighted by molar-refractivity contribution is -0.0121. The molecule has 1 aliphatic heterocycles. The molecule has 98 valence electrons. The zero-order valence-corrected chi connectivity index (χ0v) is 11.1. The number of nitrogens with one attached hydrogen (secondary N) is 1. The van der Waals surface area contributed by atoms with Gasteiger partial charge in [0.1, 0.15) is 0 Å². The van der Waals surface area contributed by atoms with Crippen molar-refractivity contribution in [1.82, 2.24) is 5.32 Å². The minimum atomic E-state index is -0.307. The summed E-state index contributed by atoms with van der Waals surface area (Å²) in [6, 6.07) is 20.8. The van der Waals surface area contributed by atoms with Crippen LogP contribution in [0.4, 0.5) is 0 Å². The number of aliphatic hydroxyl groups excluding tert-OH is 1. The van der Waals surface area contributed by atoms with Crippen molar-refractivity contribution in [2.24, 2.45) is 0 Å². The van der Waals surface area contributed by atoms with Gasteiger partial charge in [-0.1, -0.05) is 60.7 Å². The van der Waals surface area contributed by atoms with E-state index in [0.717, 1.165) is 0 Å². The van der Waals surface area contributed by atoms with Crippen LogP contribution in [-0.4, -0.2) is 23.3 Å². The van der Waals surface area contributed by atoms with Crippen LogP contribution in [0.3, 0.4) is 0 Å². The summed E-state index contributed by atoms with van der Waals surface area (Å²) in [5, 5.41) is 13.6. The Kier molecular flexibility index (Phi) is 3.13. The molecule has 3 rings (SSSR count). The maximum Gasteiger partial charge on any atom is 0.0852 e. The summed E-state index contributed by atoms with van der Waals surface area (Å²) in [5.41, 5.74) is 2.19. The van der Waals surface area contributed by atoms with E-state index in [0.29, 0.717) is 6.54 Å². The Morgan fingerprint density at radius 1 is 1.00 bits per heavy atom. The second kappa shape index (κ2) is 4.80. The van der Waals surface area contributed by atoms with E-state index < -0.39 is 0 Å². The Labute approximate surface area is 114 Å². The molecule has 2 aromatic carbocycles. The van der Waals surface area contributed by atoms with Crippen LogP contribution in [0.25, 0.3) is 0 Å². The number of β-amino-alcohol motifs (C(OH)–C–C–N with tert-alkyl or cyclic N) is 1. The maximum atomic E-state index is 10.2. The fourth-order valence-electron chi connectivity index (χ4n) is 2.99. The van der Waals surface area contributed by atoms with E-state index in [4.69, 9.17) is 0 Å². The molecule has 2 nitrogen and oxygen atoms in total. The molecule has 2 N–H and O–H groups in total. The standard InChI is InChI=1S/C17H19NO/c1-17(15(19)12-18-17)16(13-8-4-2-5-9-13)14-10-6-3-7-11-14/h2-11,15-16,18-19H,12H2,1H3. The fraction of sp³-hybridized carbons (Fsp3) is 0.294. The first-order valence-electron chi connectivity index (χ1n) is 6.75. The molecule has 2 heteroatoms. The third kappa shape index (κ3) is 2.07. The molecule has 0 saturated carbocycles. The SMILES string of the molecule is CC1(C(c2ccccc2)c2ccccc2)NCC1O. The Bertz CT molecular complexity index is 500. The van der Waals surface area contributed by atoms with Gasteiger partial charge in [0, 0.05) is 12.5 Å². The van der Waals surface area contributed by atoms with Gasteiger partial charge in [-0.3, -0.25) is 0 Å². The highest BCUT2D eigenvalue weighted by atomic mass is 16.3. The van der Waals surface area contributed by atoms with E-state index in [2.05, 4.69) is 60.8 Å². The molecule has 1 heterocycles. The van der Waals surface area contributed by atoms with Gasteiger partial charge in [0.15, 0.2) is 0 Å². The van der Waals surface area contributed by atoms with E-state index in [1.54, 1.807) is 0 Å². The molecule has 2 atom stereocenters. The first kappa shape index (κ1) is 12.4. The van der Waals surface area contributed by atoms with Crippen LogP contribution in [0.2, 0.25) is 0 Å². The van der Waals surface area contributed by atoms with Gasteiger partial charge in [-0.15, -0.1) is 0 Å². The zero-order valence-electron chi connectivity index (χ0n) is 11.1. The van der Waals surface area contributed by atoms with Crippen molar-refractivity contribution >= 4 is 0 Å². The van der Waals surface area contributed by atoms with Gasteiger partial charge in [0.05, 0.1) is 11.6 Å². The van der Waals surface area contributed by atoms with E-state index in [1.807, 2.05) is 12.1 Å². The predicted molar refractivity (Wildman–Crippen MR) is 77.1 cm³/mol. The molecule has 0 spiro atoms. The van der Waals surface area contributed by atoms with Crippen LogP contribution in [0.15, 0.2) is 60.7 Å². The number of aliphatic hydroxyl groups is 1. The molecular weight excluding hydrogens is 234 g/mol. The molecule has 1 saturated heterocycles. The summed E-state index contributed by atoms with van der Waals surface area (Å²) >= 11 is 0. The lowest BCUT2D eigenvalue weighted by Crippen LogP contribution is -2.70. The quantitative estimate of drug-likeness (QED) is 0.881. The average molecular weight is 253 g/mol. The molecule has 2 unspecified atom stereocenters. The monoisotopic (exact) mass is 253 g/mol. The largest absolute Gasteiger partial charge is 0.390 e. The minimum absolute atomic E-state index is 0.165. The summed E-state index contributed by atoms with van der Waals surface area (Å²) in [5.74, 6) is 0.165. The van der Waals surface area contributed by atoms with Crippen LogP contribution in [-0.2, 0) is 0 Å². The van der Waals surface area contributed by atoms with E-state index in [1.165, 1.54) is 11.1 Å². The smallest absolute Gasteiger partial charge is 0.0852 e.